The number of ether oxygens (including phenoxy) is 1. The Kier molecular flexibility index (Phi) is 6.95. The average Bonchev–Trinajstić information content (AvgIpc) is 3.59. The van der Waals surface area contributed by atoms with Gasteiger partial charge in [0.1, 0.15) is 35.6 Å². The number of fused-ring (bicyclic) bond motifs is 5. The number of phenolic OH excluding ortho intramolecular Hbond substituents is 1. The first-order valence-electron chi connectivity index (χ1n) is 15.2. The normalized spacial score (nSPS) is 28.3. The van der Waals surface area contributed by atoms with Gasteiger partial charge in [0.2, 0.25) is 0 Å². The van der Waals surface area contributed by atoms with Gasteiger partial charge in [-0.1, -0.05) is 12.1 Å². The predicted octanol–water partition coefficient (Wildman–Crippen LogP) is 5.47. The van der Waals surface area contributed by atoms with Crippen LogP contribution in [-0.4, -0.2) is 90.4 Å². The summed E-state index contributed by atoms with van der Waals surface area (Å²) < 4.78 is 50.3. The quantitative estimate of drug-likeness (QED) is 0.277. The summed E-state index contributed by atoms with van der Waals surface area (Å²) in [5.41, 5.74) is 0.212. The third-order valence-corrected chi connectivity index (χ3v) is 12.8. The summed E-state index contributed by atoms with van der Waals surface area (Å²) in [6, 6.07) is 8.99. The lowest BCUT2D eigenvalue weighted by molar-refractivity contribution is 0.107. The molecular formula is C32H33F2N5O3S2. The standard InChI is InChI=1S/C32H33F2N5O3S2/c1-43-25-5-2-4-18-10-20(40)11-23(26(18)25)28-27(34)29-24(13-35-28)30(38-15-21-6-7-22(16-38)44(21)41)37-31(36-29)42-17-32-8-3-9-39(32)14-19(33)12-32/h2,4-5,10-11,13,19,21-22,40H,3,6-9,12,14-17H2,1H3/t19-,21?,22?,32+,44?/m1/s1. The van der Waals surface area contributed by atoms with Gasteiger partial charge in [0.25, 0.3) is 0 Å². The Bertz CT molecular complexity index is 1810. The van der Waals surface area contributed by atoms with Crippen LogP contribution in [0.4, 0.5) is 14.6 Å². The van der Waals surface area contributed by atoms with Crippen molar-refractivity contribution in [1.29, 1.82) is 0 Å². The summed E-state index contributed by atoms with van der Waals surface area (Å²) in [6.07, 6.45) is 6.65. The van der Waals surface area contributed by atoms with Crippen LogP contribution < -0.4 is 9.64 Å². The highest BCUT2D eigenvalue weighted by Crippen LogP contribution is 2.43. The van der Waals surface area contributed by atoms with E-state index in [1.165, 1.54) is 17.8 Å². The molecule has 44 heavy (non-hydrogen) atoms. The number of aromatic hydroxyl groups is 1. The Balaban J connectivity index is 1.26. The number of benzene rings is 2. The second kappa shape index (κ2) is 10.8. The summed E-state index contributed by atoms with van der Waals surface area (Å²) in [5.74, 6) is -0.107. The smallest absolute Gasteiger partial charge is 0.319 e. The Labute approximate surface area is 260 Å². The molecule has 0 aliphatic carbocycles. The molecule has 0 spiro atoms. The maximum Gasteiger partial charge on any atom is 0.319 e. The molecule has 6 heterocycles. The van der Waals surface area contributed by atoms with E-state index in [-0.39, 0.29) is 40.1 Å². The molecule has 8 rings (SSSR count). The SMILES string of the molecule is CSc1cccc2cc(O)cc(-c3ncc4c(N5CC6CCC(C5)S6=O)nc(OC[C@@]56CCCN5C[C@H](F)C6)nc4c3F)c12. The number of hydrogen-bond donors (Lipinski definition) is 1. The summed E-state index contributed by atoms with van der Waals surface area (Å²) in [6.45, 7) is 2.56. The fourth-order valence-corrected chi connectivity index (χ4v) is 10.4. The molecule has 4 aliphatic heterocycles. The third-order valence-electron chi connectivity index (χ3n) is 9.89. The van der Waals surface area contributed by atoms with Crippen molar-refractivity contribution in [1.82, 2.24) is 19.9 Å². The number of pyridine rings is 1. The molecule has 12 heteroatoms. The van der Waals surface area contributed by atoms with Gasteiger partial charge in [0, 0.05) is 58.9 Å². The maximum absolute atomic E-state index is 16.8. The van der Waals surface area contributed by atoms with Crippen LogP contribution in [0.1, 0.15) is 32.1 Å². The van der Waals surface area contributed by atoms with E-state index >= 15 is 4.39 Å². The van der Waals surface area contributed by atoms with Crippen molar-refractivity contribution >= 4 is 50.1 Å². The van der Waals surface area contributed by atoms with Crippen LogP contribution >= 0.6 is 11.8 Å². The highest BCUT2D eigenvalue weighted by atomic mass is 32.2. The van der Waals surface area contributed by atoms with Crippen molar-refractivity contribution in [2.24, 2.45) is 0 Å². The topological polar surface area (TPSA) is 91.7 Å². The number of halogens is 2. The molecule has 230 valence electrons. The first-order chi connectivity index (χ1) is 21.3. The van der Waals surface area contributed by atoms with Gasteiger partial charge in [-0.3, -0.25) is 14.1 Å². The highest BCUT2D eigenvalue weighted by Gasteiger charge is 2.49. The van der Waals surface area contributed by atoms with Gasteiger partial charge >= 0.3 is 6.01 Å². The largest absolute Gasteiger partial charge is 0.508 e. The summed E-state index contributed by atoms with van der Waals surface area (Å²) >= 11 is 1.54. The number of thioether (sulfide) groups is 1. The molecule has 4 aromatic rings. The minimum Gasteiger partial charge on any atom is -0.508 e. The highest BCUT2D eigenvalue weighted by molar-refractivity contribution is 7.98. The van der Waals surface area contributed by atoms with Crippen LogP contribution in [0.15, 0.2) is 41.4 Å². The zero-order valence-electron chi connectivity index (χ0n) is 24.3. The first-order valence-corrected chi connectivity index (χ1v) is 17.7. The summed E-state index contributed by atoms with van der Waals surface area (Å²) in [4.78, 5) is 19.2. The van der Waals surface area contributed by atoms with E-state index in [9.17, 15) is 13.7 Å². The molecule has 0 saturated carbocycles. The number of hydrogen-bond acceptors (Lipinski definition) is 9. The lowest BCUT2D eigenvalue weighted by Crippen LogP contribution is -2.45. The fraction of sp³-hybridized carbons (Fsp3) is 0.469. The van der Waals surface area contributed by atoms with E-state index in [1.54, 1.807) is 12.3 Å². The molecular weight excluding hydrogens is 605 g/mol. The van der Waals surface area contributed by atoms with Gasteiger partial charge in [-0.15, -0.1) is 11.8 Å². The van der Waals surface area contributed by atoms with E-state index in [0.717, 1.165) is 47.9 Å². The van der Waals surface area contributed by atoms with Crippen molar-refractivity contribution in [3.05, 3.63) is 42.3 Å². The van der Waals surface area contributed by atoms with Gasteiger partial charge < -0.3 is 14.7 Å². The van der Waals surface area contributed by atoms with Gasteiger partial charge in [0.05, 0.1) is 21.4 Å². The van der Waals surface area contributed by atoms with Crippen LogP contribution in [0.3, 0.4) is 0 Å². The molecule has 2 unspecified atom stereocenters. The van der Waals surface area contributed by atoms with Gasteiger partial charge in [-0.05, 0) is 62.1 Å². The maximum atomic E-state index is 16.8. The van der Waals surface area contributed by atoms with Gasteiger partial charge in [-0.2, -0.15) is 9.97 Å². The van der Waals surface area contributed by atoms with Gasteiger partial charge in [0.15, 0.2) is 5.82 Å². The molecule has 0 amide bonds. The molecule has 2 bridgehead atoms. The number of rotatable bonds is 6. The minimum atomic E-state index is -0.897. The van der Waals surface area contributed by atoms with Crippen LogP contribution in [0, 0.1) is 5.82 Å². The lowest BCUT2D eigenvalue weighted by Gasteiger charge is -2.33. The third kappa shape index (κ3) is 4.55. The fourth-order valence-electron chi connectivity index (χ4n) is 7.84. The minimum absolute atomic E-state index is 0.0133. The van der Waals surface area contributed by atoms with Crippen molar-refractivity contribution in [3.8, 4) is 23.0 Å². The van der Waals surface area contributed by atoms with Crippen molar-refractivity contribution in [3.63, 3.8) is 0 Å². The Hall–Kier alpha value is -3.09. The van der Waals surface area contributed by atoms with E-state index in [0.29, 0.717) is 42.8 Å². The average molecular weight is 638 g/mol. The molecule has 4 atom stereocenters. The predicted molar refractivity (Wildman–Crippen MR) is 169 cm³/mol. The number of phenols is 1. The number of nitrogens with zero attached hydrogens (tertiary/aromatic N) is 5. The van der Waals surface area contributed by atoms with E-state index in [1.807, 2.05) is 24.5 Å². The monoisotopic (exact) mass is 637 g/mol. The van der Waals surface area contributed by atoms with E-state index in [4.69, 9.17) is 9.72 Å². The number of alkyl halides is 1. The number of aromatic nitrogens is 3. The van der Waals surface area contributed by atoms with Crippen LogP contribution in [0.25, 0.3) is 32.9 Å². The Morgan fingerprint density at radius 3 is 2.80 bits per heavy atom. The molecule has 4 fully saturated rings. The second-order valence-corrected chi connectivity index (χ2v) is 15.3. The van der Waals surface area contributed by atoms with Crippen LogP contribution in [0.2, 0.25) is 0 Å². The van der Waals surface area contributed by atoms with Crippen LogP contribution in [-0.2, 0) is 10.8 Å². The Morgan fingerprint density at radius 1 is 1.18 bits per heavy atom. The van der Waals surface area contributed by atoms with E-state index in [2.05, 4.69) is 19.8 Å². The van der Waals surface area contributed by atoms with Crippen molar-refractivity contribution < 1.29 is 22.8 Å². The number of anilines is 1. The molecule has 2 aromatic carbocycles. The van der Waals surface area contributed by atoms with Crippen molar-refractivity contribution in [2.75, 3.05) is 43.9 Å². The molecule has 2 aromatic heterocycles. The van der Waals surface area contributed by atoms with Gasteiger partial charge in [-0.25, -0.2) is 8.78 Å². The lowest BCUT2D eigenvalue weighted by atomic mass is 9.95. The zero-order valence-corrected chi connectivity index (χ0v) is 26.0. The molecule has 8 nitrogen and oxygen atoms in total. The molecule has 0 radical (unpaired) electrons. The molecule has 4 saturated heterocycles. The van der Waals surface area contributed by atoms with E-state index < -0.39 is 28.3 Å². The van der Waals surface area contributed by atoms with Crippen molar-refractivity contribution in [2.45, 2.75) is 59.2 Å². The zero-order chi connectivity index (χ0) is 30.2. The summed E-state index contributed by atoms with van der Waals surface area (Å²) in [7, 11) is -0.889. The molecule has 1 N–H and O–H groups in total. The first kappa shape index (κ1) is 28.4. The Morgan fingerprint density at radius 2 is 2.00 bits per heavy atom. The second-order valence-electron chi connectivity index (χ2n) is 12.5. The summed E-state index contributed by atoms with van der Waals surface area (Å²) in [5, 5.41) is 12.7. The molecule has 4 aliphatic rings. The van der Waals surface area contributed by atoms with Crippen LogP contribution in [0.5, 0.6) is 11.8 Å².